The van der Waals surface area contributed by atoms with E-state index in [2.05, 4.69) is 17.6 Å². The Labute approximate surface area is 126 Å². The summed E-state index contributed by atoms with van der Waals surface area (Å²) in [4.78, 5) is 12.5. The number of anilines is 1. The molecule has 0 saturated carbocycles. The van der Waals surface area contributed by atoms with Gasteiger partial charge in [-0.1, -0.05) is 55.0 Å². The average molecular weight is 282 g/mol. The molecule has 3 nitrogen and oxygen atoms in total. The third kappa shape index (κ3) is 4.43. The van der Waals surface area contributed by atoms with E-state index in [-0.39, 0.29) is 11.9 Å². The maximum Gasteiger partial charge on any atom is 0.246 e. The lowest BCUT2D eigenvalue weighted by atomic mass is 10.1. The molecule has 0 aliphatic carbocycles. The number of carbonyl (C=O) groups is 1. The number of carbonyl (C=O) groups excluding carboxylic acids is 1. The molecule has 0 spiro atoms. The van der Waals surface area contributed by atoms with E-state index in [0.29, 0.717) is 0 Å². The van der Waals surface area contributed by atoms with E-state index in [4.69, 9.17) is 0 Å². The Kier molecular flexibility index (Phi) is 5.52. The molecule has 0 radical (unpaired) electrons. The molecule has 0 aromatic heterocycles. The van der Waals surface area contributed by atoms with Crippen molar-refractivity contribution in [3.63, 3.8) is 0 Å². The number of rotatable bonds is 6. The molecule has 3 heteroatoms. The molecular weight excluding hydrogens is 260 g/mol. The van der Waals surface area contributed by atoms with Crippen LogP contribution in [0.3, 0.4) is 0 Å². The van der Waals surface area contributed by atoms with Gasteiger partial charge in [-0.3, -0.25) is 4.79 Å². The fourth-order valence-corrected chi connectivity index (χ4v) is 2.15. The Morgan fingerprint density at radius 1 is 1.05 bits per heavy atom. The average Bonchev–Trinajstić information content (AvgIpc) is 2.51. The molecule has 1 atom stereocenters. The number of amides is 1. The maximum absolute atomic E-state index is 12.5. The van der Waals surface area contributed by atoms with Crippen LogP contribution < -0.4 is 10.6 Å². The Morgan fingerprint density at radius 2 is 1.71 bits per heavy atom. The number of benzene rings is 2. The van der Waals surface area contributed by atoms with Crippen molar-refractivity contribution in [1.82, 2.24) is 5.32 Å². The zero-order valence-electron chi connectivity index (χ0n) is 12.6. The second kappa shape index (κ2) is 7.60. The van der Waals surface area contributed by atoms with E-state index in [1.54, 1.807) is 0 Å². The lowest BCUT2D eigenvalue weighted by molar-refractivity contribution is -0.118. The van der Waals surface area contributed by atoms with Gasteiger partial charge in [0.25, 0.3) is 0 Å². The summed E-state index contributed by atoms with van der Waals surface area (Å²) < 4.78 is 0. The van der Waals surface area contributed by atoms with Crippen molar-refractivity contribution in [2.24, 2.45) is 0 Å². The van der Waals surface area contributed by atoms with E-state index in [0.717, 1.165) is 24.2 Å². The van der Waals surface area contributed by atoms with Crippen molar-refractivity contribution in [3.05, 3.63) is 65.7 Å². The van der Waals surface area contributed by atoms with Gasteiger partial charge in [0.15, 0.2) is 0 Å². The van der Waals surface area contributed by atoms with Crippen molar-refractivity contribution >= 4 is 11.6 Å². The summed E-state index contributed by atoms with van der Waals surface area (Å²) in [5.41, 5.74) is 2.98. The van der Waals surface area contributed by atoms with Crippen LogP contribution >= 0.6 is 0 Å². The van der Waals surface area contributed by atoms with Gasteiger partial charge in [-0.25, -0.2) is 0 Å². The van der Waals surface area contributed by atoms with Gasteiger partial charge in [-0.05, 0) is 37.6 Å². The largest absolute Gasteiger partial charge is 0.324 e. The topological polar surface area (TPSA) is 41.1 Å². The van der Waals surface area contributed by atoms with Crippen molar-refractivity contribution in [1.29, 1.82) is 0 Å². The van der Waals surface area contributed by atoms with Crippen LogP contribution in [0.2, 0.25) is 0 Å². The third-order valence-corrected chi connectivity index (χ3v) is 3.31. The quantitative estimate of drug-likeness (QED) is 0.848. The monoisotopic (exact) mass is 282 g/mol. The van der Waals surface area contributed by atoms with Crippen LogP contribution in [0.4, 0.5) is 5.69 Å². The normalized spacial score (nSPS) is 11.9. The third-order valence-electron chi connectivity index (χ3n) is 3.31. The molecule has 110 valence electrons. The van der Waals surface area contributed by atoms with Crippen molar-refractivity contribution in [2.45, 2.75) is 26.3 Å². The van der Waals surface area contributed by atoms with Gasteiger partial charge in [0.1, 0.15) is 6.04 Å². The first-order chi connectivity index (χ1) is 10.2. The van der Waals surface area contributed by atoms with Gasteiger partial charge in [0.2, 0.25) is 5.91 Å². The molecule has 0 aliphatic heterocycles. The summed E-state index contributed by atoms with van der Waals surface area (Å²) in [5, 5.41) is 6.28. The van der Waals surface area contributed by atoms with Gasteiger partial charge in [-0.2, -0.15) is 0 Å². The molecule has 0 bridgehead atoms. The number of nitrogens with one attached hydrogen (secondary N) is 2. The molecule has 1 amide bonds. The van der Waals surface area contributed by atoms with E-state index in [9.17, 15) is 4.79 Å². The van der Waals surface area contributed by atoms with Crippen LogP contribution in [-0.2, 0) is 4.79 Å². The highest BCUT2D eigenvalue weighted by Crippen LogP contribution is 2.16. The Balaban J connectivity index is 2.12. The molecule has 1 unspecified atom stereocenters. The Morgan fingerprint density at radius 3 is 2.33 bits per heavy atom. The van der Waals surface area contributed by atoms with Gasteiger partial charge < -0.3 is 10.6 Å². The lowest BCUT2D eigenvalue weighted by Crippen LogP contribution is -2.33. The van der Waals surface area contributed by atoms with E-state index in [1.807, 2.05) is 61.5 Å². The maximum atomic E-state index is 12.5. The summed E-state index contributed by atoms with van der Waals surface area (Å²) in [6.07, 6.45) is 0.987. The first kappa shape index (κ1) is 15.3. The predicted octanol–water partition coefficient (Wildman–Crippen LogP) is 3.67. The standard InChI is InChI=1S/C18H22N2O/c1-3-13-19-17(15-7-5-4-6-8-15)18(21)20-16-11-9-14(2)10-12-16/h4-12,17,19H,3,13H2,1-2H3,(H,20,21). The lowest BCUT2D eigenvalue weighted by Gasteiger charge is -2.18. The van der Waals surface area contributed by atoms with Crippen LogP contribution in [0.1, 0.15) is 30.5 Å². The zero-order valence-corrected chi connectivity index (χ0v) is 12.6. The van der Waals surface area contributed by atoms with Crippen LogP contribution in [-0.4, -0.2) is 12.5 Å². The van der Waals surface area contributed by atoms with Crippen LogP contribution in [0, 0.1) is 6.92 Å². The van der Waals surface area contributed by atoms with E-state index in [1.165, 1.54) is 5.56 Å². The highest BCUT2D eigenvalue weighted by Gasteiger charge is 2.19. The van der Waals surface area contributed by atoms with Crippen LogP contribution in [0.15, 0.2) is 54.6 Å². The zero-order chi connectivity index (χ0) is 15.1. The van der Waals surface area contributed by atoms with Gasteiger partial charge in [-0.15, -0.1) is 0 Å². The minimum absolute atomic E-state index is 0.0292. The molecule has 2 N–H and O–H groups in total. The first-order valence-corrected chi connectivity index (χ1v) is 7.36. The molecule has 2 aromatic rings. The molecule has 0 fully saturated rings. The smallest absolute Gasteiger partial charge is 0.246 e. The summed E-state index contributed by atoms with van der Waals surface area (Å²) in [7, 11) is 0. The summed E-state index contributed by atoms with van der Waals surface area (Å²) >= 11 is 0. The number of aryl methyl sites for hydroxylation is 1. The first-order valence-electron chi connectivity index (χ1n) is 7.36. The number of hydrogen-bond donors (Lipinski definition) is 2. The van der Waals surface area contributed by atoms with Crippen molar-refractivity contribution in [2.75, 3.05) is 11.9 Å². The molecule has 0 heterocycles. The highest BCUT2D eigenvalue weighted by molar-refractivity contribution is 5.95. The van der Waals surface area contributed by atoms with Crippen molar-refractivity contribution < 1.29 is 4.79 Å². The highest BCUT2D eigenvalue weighted by atomic mass is 16.2. The van der Waals surface area contributed by atoms with Crippen LogP contribution in [0.25, 0.3) is 0 Å². The van der Waals surface area contributed by atoms with E-state index >= 15 is 0 Å². The fourth-order valence-electron chi connectivity index (χ4n) is 2.15. The molecule has 2 rings (SSSR count). The molecule has 21 heavy (non-hydrogen) atoms. The molecule has 0 aliphatic rings. The van der Waals surface area contributed by atoms with Gasteiger partial charge in [0.05, 0.1) is 0 Å². The second-order valence-corrected chi connectivity index (χ2v) is 5.15. The Hall–Kier alpha value is -2.13. The summed E-state index contributed by atoms with van der Waals surface area (Å²) in [6.45, 7) is 4.93. The minimum atomic E-state index is -0.326. The molecular formula is C18H22N2O. The van der Waals surface area contributed by atoms with Gasteiger partial charge >= 0.3 is 0 Å². The fraction of sp³-hybridized carbons (Fsp3) is 0.278. The SMILES string of the molecule is CCCNC(C(=O)Nc1ccc(C)cc1)c1ccccc1. The summed E-state index contributed by atoms with van der Waals surface area (Å²) in [6, 6.07) is 17.3. The minimum Gasteiger partial charge on any atom is -0.324 e. The molecule has 0 saturated heterocycles. The van der Waals surface area contributed by atoms with Crippen LogP contribution in [0.5, 0.6) is 0 Å². The van der Waals surface area contributed by atoms with Crippen molar-refractivity contribution in [3.8, 4) is 0 Å². The number of hydrogen-bond acceptors (Lipinski definition) is 2. The second-order valence-electron chi connectivity index (χ2n) is 5.15. The molecule has 2 aromatic carbocycles. The summed E-state index contributed by atoms with van der Waals surface area (Å²) in [5.74, 6) is -0.0292. The van der Waals surface area contributed by atoms with E-state index < -0.39 is 0 Å². The predicted molar refractivity (Wildman–Crippen MR) is 87.3 cm³/mol. The Bertz CT molecular complexity index is 564. The van der Waals surface area contributed by atoms with Gasteiger partial charge in [0, 0.05) is 5.69 Å².